The molecule has 0 bridgehead atoms. The van der Waals surface area contributed by atoms with Gasteiger partial charge in [0.05, 0.1) is 11.6 Å². The SMILES string of the molecule is CC(C)C(NC(=O)NCC1(O)CCOCC1)c1ccc(F)cc1F. The molecule has 1 fully saturated rings. The molecule has 2 rings (SSSR count). The number of halogens is 2. The van der Waals surface area contributed by atoms with Gasteiger partial charge in [0.1, 0.15) is 11.6 Å². The summed E-state index contributed by atoms with van der Waals surface area (Å²) in [5, 5.41) is 15.7. The van der Waals surface area contributed by atoms with E-state index in [2.05, 4.69) is 10.6 Å². The molecule has 0 aromatic heterocycles. The van der Waals surface area contributed by atoms with Crippen molar-refractivity contribution in [3.8, 4) is 0 Å². The molecule has 1 aromatic carbocycles. The van der Waals surface area contributed by atoms with E-state index >= 15 is 0 Å². The first-order chi connectivity index (χ1) is 11.3. The van der Waals surface area contributed by atoms with Crippen LogP contribution in [0.5, 0.6) is 0 Å². The van der Waals surface area contributed by atoms with E-state index in [0.717, 1.165) is 12.1 Å². The lowest BCUT2D eigenvalue weighted by atomic mass is 9.94. The van der Waals surface area contributed by atoms with Gasteiger partial charge in [-0.2, -0.15) is 0 Å². The van der Waals surface area contributed by atoms with E-state index in [4.69, 9.17) is 4.74 Å². The van der Waals surface area contributed by atoms with Crippen LogP contribution in [0, 0.1) is 17.6 Å². The number of hydrogen-bond acceptors (Lipinski definition) is 3. The summed E-state index contributed by atoms with van der Waals surface area (Å²) in [4.78, 5) is 12.1. The van der Waals surface area contributed by atoms with E-state index in [1.54, 1.807) is 0 Å². The summed E-state index contributed by atoms with van der Waals surface area (Å²) in [5.74, 6) is -1.45. The van der Waals surface area contributed by atoms with Gasteiger partial charge in [0, 0.05) is 44.2 Å². The first-order valence-electron chi connectivity index (χ1n) is 8.10. The highest BCUT2D eigenvalue weighted by Crippen LogP contribution is 2.25. The maximum atomic E-state index is 14.0. The summed E-state index contributed by atoms with van der Waals surface area (Å²) in [6.45, 7) is 4.67. The highest BCUT2D eigenvalue weighted by Gasteiger charge is 2.30. The average molecular weight is 342 g/mol. The smallest absolute Gasteiger partial charge is 0.315 e. The molecule has 5 nitrogen and oxygen atoms in total. The minimum absolute atomic E-state index is 0.0955. The highest BCUT2D eigenvalue weighted by molar-refractivity contribution is 5.74. The lowest BCUT2D eigenvalue weighted by molar-refractivity contribution is -0.0600. The molecule has 0 saturated carbocycles. The number of urea groups is 1. The van der Waals surface area contributed by atoms with Crippen LogP contribution in [0.2, 0.25) is 0 Å². The quantitative estimate of drug-likeness (QED) is 0.770. The van der Waals surface area contributed by atoms with Crippen LogP contribution >= 0.6 is 0 Å². The predicted molar refractivity (Wildman–Crippen MR) is 85.5 cm³/mol. The number of carbonyl (C=O) groups excluding carboxylic acids is 1. The largest absolute Gasteiger partial charge is 0.388 e. The van der Waals surface area contributed by atoms with Crippen molar-refractivity contribution in [2.24, 2.45) is 5.92 Å². The Kier molecular flexibility index (Phi) is 6.12. The molecule has 0 radical (unpaired) electrons. The van der Waals surface area contributed by atoms with Gasteiger partial charge in [-0.25, -0.2) is 13.6 Å². The van der Waals surface area contributed by atoms with Gasteiger partial charge in [0.25, 0.3) is 0 Å². The maximum absolute atomic E-state index is 14.0. The summed E-state index contributed by atoms with van der Waals surface area (Å²) in [5.41, 5.74) is -0.754. The molecule has 24 heavy (non-hydrogen) atoms. The fraction of sp³-hybridized carbons (Fsp3) is 0.588. The predicted octanol–water partition coefficient (Wildman–Crippen LogP) is 2.50. The lowest BCUT2D eigenvalue weighted by Gasteiger charge is -2.32. The number of ether oxygens (including phenoxy) is 1. The molecule has 2 amide bonds. The second-order valence-corrected chi connectivity index (χ2v) is 6.55. The van der Waals surface area contributed by atoms with Crippen LogP contribution in [0.15, 0.2) is 18.2 Å². The number of hydrogen-bond donors (Lipinski definition) is 3. The zero-order valence-electron chi connectivity index (χ0n) is 13.9. The Morgan fingerprint density at radius 3 is 2.58 bits per heavy atom. The summed E-state index contributed by atoms with van der Waals surface area (Å²) in [6.07, 6.45) is 0.904. The molecule has 3 N–H and O–H groups in total. The summed E-state index contributed by atoms with van der Waals surface area (Å²) < 4.78 is 32.2. The molecule has 1 aliphatic heterocycles. The number of carbonyl (C=O) groups is 1. The fourth-order valence-electron chi connectivity index (χ4n) is 2.72. The lowest BCUT2D eigenvalue weighted by Crippen LogP contribution is -2.50. The molecular weight excluding hydrogens is 318 g/mol. The van der Waals surface area contributed by atoms with Crippen LogP contribution in [-0.2, 0) is 4.74 Å². The fourth-order valence-corrected chi connectivity index (χ4v) is 2.72. The monoisotopic (exact) mass is 342 g/mol. The minimum atomic E-state index is -0.982. The van der Waals surface area contributed by atoms with E-state index in [1.165, 1.54) is 6.07 Å². The molecule has 1 aliphatic rings. The minimum Gasteiger partial charge on any atom is -0.388 e. The topological polar surface area (TPSA) is 70.6 Å². The normalized spacial score (nSPS) is 18.2. The van der Waals surface area contributed by atoms with Gasteiger partial charge in [0.2, 0.25) is 0 Å². The molecular formula is C17H24F2N2O3. The van der Waals surface area contributed by atoms with Crippen LogP contribution in [-0.4, -0.2) is 36.5 Å². The molecule has 1 heterocycles. The van der Waals surface area contributed by atoms with Crippen molar-refractivity contribution in [1.82, 2.24) is 10.6 Å². The van der Waals surface area contributed by atoms with Crippen molar-refractivity contribution >= 4 is 6.03 Å². The van der Waals surface area contributed by atoms with Gasteiger partial charge in [0.15, 0.2) is 0 Å². The molecule has 7 heteroatoms. The van der Waals surface area contributed by atoms with Gasteiger partial charge in [-0.3, -0.25) is 0 Å². The number of nitrogens with one attached hydrogen (secondary N) is 2. The summed E-state index contributed by atoms with van der Waals surface area (Å²) >= 11 is 0. The molecule has 1 unspecified atom stereocenters. The zero-order chi connectivity index (χ0) is 17.7. The first-order valence-corrected chi connectivity index (χ1v) is 8.10. The van der Waals surface area contributed by atoms with Gasteiger partial charge in [-0.15, -0.1) is 0 Å². The van der Waals surface area contributed by atoms with Crippen LogP contribution in [0.3, 0.4) is 0 Å². The van der Waals surface area contributed by atoms with Crippen LogP contribution in [0.25, 0.3) is 0 Å². The molecule has 134 valence electrons. The van der Waals surface area contributed by atoms with Gasteiger partial charge < -0.3 is 20.5 Å². The van der Waals surface area contributed by atoms with Crippen molar-refractivity contribution < 1.29 is 23.4 Å². The highest BCUT2D eigenvalue weighted by atomic mass is 19.1. The Bertz CT molecular complexity index is 575. The first kappa shape index (κ1) is 18.6. The third-order valence-corrected chi connectivity index (χ3v) is 4.25. The Morgan fingerprint density at radius 2 is 2.00 bits per heavy atom. The number of aliphatic hydroxyl groups is 1. The number of benzene rings is 1. The van der Waals surface area contributed by atoms with Crippen molar-refractivity contribution in [3.05, 3.63) is 35.4 Å². The van der Waals surface area contributed by atoms with Crippen molar-refractivity contribution in [3.63, 3.8) is 0 Å². The van der Waals surface area contributed by atoms with Gasteiger partial charge in [-0.05, 0) is 12.0 Å². The Labute approximate surface area is 140 Å². The summed E-state index contributed by atoms with van der Waals surface area (Å²) in [6, 6.07) is 2.20. The third-order valence-electron chi connectivity index (χ3n) is 4.25. The van der Waals surface area contributed by atoms with E-state index in [-0.39, 0.29) is 18.0 Å². The Morgan fingerprint density at radius 1 is 1.33 bits per heavy atom. The second-order valence-electron chi connectivity index (χ2n) is 6.55. The summed E-state index contributed by atoms with van der Waals surface area (Å²) in [7, 11) is 0. The maximum Gasteiger partial charge on any atom is 0.315 e. The molecule has 0 spiro atoms. The molecule has 1 saturated heterocycles. The van der Waals surface area contributed by atoms with E-state index in [1.807, 2.05) is 13.8 Å². The number of amides is 2. The average Bonchev–Trinajstić information content (AvgIpc) is 2.52. The van der Waals surface area contributed by atoms with Crippen LogP contribution < -0.4 is 10.6 Å². The Balaban J connectivity index is 1.98. The van der Waals surface area contributed by atoms with Crippen molar-refractivity contribution in [2.75, 3.05) is 19.8 Å². The van der Waals surface area contributed by atoms with E-state index in [0.29, 0.717) is 26.1 Å². The van der Waals surface area contributed by atoms with Crippen molar-refractivity contribution in [1.29, 1.82) is 0 Å². The van der Waals surface area contributed by atoms with Crippen molar-refractivity contribution in [2.45, 2.75) is 38.3 Å². The van der Waals surface area contributed by atoms with E-state index in [9.17, 15) is 18.7 Å². The zero-order valence-corrected chi connectivity index (χ0v) is 13.9. The van der Waals surface area contributed by atoms with Crippen LogP contribution in [0.1, 0.15) is 38.3 Å². The van der Waals surface area contributed by atoms with Gasteiger partial charge >= 0.3 is 6.03 Å². The Hall–Kier alpha value is -1.73. The standard InChI is InChI=1S/C17H24F2N2O3/c1-11(2)15(13-4-3-12(18)9-14(13)19)21-16(22)20-10-17(23)5-7-24-8-6-17/h3-4,9,11,15,23H,5-8,10H2,1-2H3,(H2,20,21,22). The van der Waals surface area contributed by atoms with Crippen LogP contribution in [0.4, 0.5) is 13.6 Å². The molecule has 0 aliphatic carbocycles. The van der Waals surface area contributed by atoms with E-state index < -0.39 is 29.3 Å². The molecule has 1 atom stereocenters. The number of rotatable bonds is 5. The van der Waals surface area contributed by atoms with Gasteiger partial charge in [-0.1, -0.05) is 19.9 Å². The second kappa shape index (κ2) is 7.90. The molecule has 1 aromatic rings. The third kappa shape index (κ3) is 4.88.